The summed E-state index contributed by atoms with van der Waals surface area (Å²) in [6.07, 6.45) is 0.491. The second-order valence-electron chi connectivity index (χ2n) is 11.8. The number of H-pyrrole nitrogens is 1. The van der Waals surface area contributed by atoms with Crippen molar-refractivity contribution in [3.05, 3.63) is 101 Å². The second kappa shape index (κ2) is 16.2. The van der Waals surface area contributed by atoms with Crippen molar-refractivity contribution in [3.8, 4) is 0 Å². The number of ether oxygens (including phenoxy) is 4. The predicted octanol–water partition coefficient (Wildman–Crippen LogP) is 4.09. The zero-order valence-corrected chi connectivity index (χ0v) is 28.4. The predicted molar refractivity (Wildman–Crippen MR) is 174 cm³/mol. The van der Waals surface area contributed by atoms with E-state index in [0.29, 0.717) is 23.1 Å². The fraction of sp³-hybridized carbons (Fsp3) is 0.429. The Hall–Kier alpha value is -5.04. The minimum absolute atomic E-state index is 0.236. The molecule has 0 saturated carbocycles. The normalized spacial score (nSPS) is 16.8. The molecule has 1 aliphatic heterocycles. The molecule has 2 aromatic carbocycles. The molecule has 3 atom stereocenters. The van der Waals surface area contributed by atoms with Gasteiger partial charge in [-0.1, -0.05) is 6.92 Å². The van der Waals surface area contributed by atoms with Crippen LogP contribution in [0.2, 0.25) is 0 Å². The van der Waals surface area contributed by atoms with Gasteiger partial charge in [0.2, 0.25) is 0 Å². The molecule has 48 heavy (non-hydrogen) atoms. The molecule has 4 rings (SSSR count). The molecule has 1 fully saturated rings. The van der Waals surface area contributed by atoms with Gasteiger partial charge in [-0.3, -0.25) is 14.3 Å². The van der Waals surface area contributed by atoms with Crippen LogP contribution in [0.5, 0.6) is 0 Å². The summed E-state index contributed by atoms with van der Waals surface area (Å²) in [6, 6.07) is 6.85. The number of carboxylic acid groups (broad SMARTS) is 1. The number of aryl methyl sites for hydroxylation is 5. The van der Waals surface area contributed by atoms with Gasteiger partial charge >= 0.3 is 29.6 Å². The molecule has 13 nitrogen and oxygen atoms in total. The Morgan fingerprint density at radius 1 is 0.812 bits per heavy atom. The van der Waals surface area contributed by atoms with E-state index in [1.807, 2.05) is 48.5 Å². The minimum atomic E-state index is -1.16. The van der Waals surface area contributed by atoms with Gasteiger partial charge in [-0.2, -0.15) is 0 Å². The molecule has 0 bridgehead atoms. The van der Waals surface area contributed by atoms with Crippen LogP contribution < -0.4 is 11.2 Å². The van der Waals surface area contributed by atoms with Crippen LogP contribution in [0.4, 0.5) is 0 Å². The number of benzene rings is 2. The number of aliphatic carboxylic acids is 1. The standard InChI is InChI=1S/C23H28N2O7.C12H14O4/c1-6-17-18(9-19(31-17)25-10-14(4)21(27)24-23(25)29)32-20(26)11-30-22(28)16-7-12(2)15(5)13(3)8-16;1-7-4-10(5-8(2)9(7)3)12(15)16-6-11(13)14/h7-8,10,17-19H,6,9,11H2,1-5H3,(H,24,27,29);4-5H,6H2,1-3H3,(H,13,14). The molecule has 3 unspecified atom stereocenters. The number of carboxylic acids is 1. The summed E-state index contributed by atoms with van der Waals surface area (Å²) >= 11 is 0. The molecule has 2 N–H and O–H groups in total. The number of hydrogen-bond donors (Lipinski definition) is 2. The summed E-state index contributed by atoms with van der Waals surface area (Å²) in [7, 11) is 0. The van der Waals surface area contributed by atoms with Gasteiger partial charge in [-0.05, 0) is 113 Å². The van der Waals surface area contributed by atoms with E-state index in [9.17, 15) is 28.8 Å². The van der Waals surface area contributed by atoms with Gasteiger partial charge in [0.25, 0.3) is 5.56 Å². The number of carbonyl (C=O) groups is 4. The zero-order chi connectivity index (χ0) is 35.9. The van der Waals surface area contributed by atoms with Gasteiger partial charge in [-0.15, -0.1) is 0 Å². The monoisotopic (exact) mass is 666 g/mol. The number of esters is 3. The van der Waals surface area contributed by atoms with E-state index in [4.69, 9.17) is 19.3 Å². The molecule has 13 heteroatoms. The summed E-state index contributed by atoms with van der Waals surface area (Å²) in [6.45, 7) is 13.9. The van der Waals surface area contributed by atoms with E-state index < -0.39 is 66.8 Å². The SMILES string of the molecule is CCC1OC(n2cc(C)c(=O)[nH]c2=O)CC1OC(=O)COC(=O)c1cc(C)c(C)c(C)c1.Cc1cc(C(=O)OCC(=O)O)cc(C)c1C. The average molecular weight is 667 g/mol. The number of aromatic amines is 1. The first-order chi connectivity index (χ1) is 22.5. The van der Waals surface area contributed by atoms with Crippen LogP contribution in [0, 0.1) is 48.5 Å². The van der Waals surface area contributed by atoms with Crippen molar-refractivity contribution >= 4 is 23.9 Å². The molecular formula is C35H42N2O11. The summed E-state index contributed by atoms with van der Waals surface area (Å²) < 4.78 is 22.4. The lowest BCUT2D eigenvalue weighted by atomic mass is 10.0. The molecule has 1 aliphatic rings. The number of hydrogen-bond acceptors (Lipinski definition) is 10. The fourth-order valence-corrected chi connectivity index (χ4v) is 5.09. The van der Waals surface area contributed by atoms with E-state index in [0.717, 1.165) is 33.4 Å². The number of carbonyl (C=O) groups excluding carboxylic acids is 3. The molecule has 0 spiro atoms. The second-order valence-corrected chi connectivity index (χ2v) is 11.8. The molecule has 3 aromatic rings. The number of nitrogens with zero attached hydrogens (tertiary/aromatic N) is 1. The third-order valence-corrected chi connectivity index (χ3v) is 8.30. The Morgan fingerprint density at radius 3 is 1.75 bits per heavy atom. The third kappa shape index (κ3) is 9.50. The van der Waals surface area contributed by atoms with Crippen molar-refractivity contribution in [1.29, 1.82) is 0 Å². The number of nitrogens with one attached hydrogen (secondary N) is 1. The molecule has 0 aliphatic carbocycles. The van der Waals surface area contributed by atoms with Gasteiger partial charge in [-0.25, -0.2) is 24.0 Å². The molecule has 0 amide bonds. The van der Waals surface area contributed by atoms with Crippen LogP contribution in [0.3, 0.4) is 0 Å². The third-order valence-electron chi connectivity index (χ3n) is 8.30. The Bertz CT molecular complexity index is 1780. The van der Waals surface area contributed by atoms with E-state index in [2.05, 4.69) is 9.72 Å². The van der Waals surface area contributed by atoms with Crippen LogP contribution in [-0.2, 0) is 28.5 Å². The maximum Gasteiger partial charge on any atom is 0.344 e. The average Bonchev–Trinajstić information content (AvgIpc) is 3.43. The highest BCUT2D eigenvalue weighted by atomic mass is 16.6. The molecular weight excluding hydrogens is 624 g/mol. The van der Waals surface area contributed by atoms with Crippen LogP contribution in [0.25, 0.3) is 0 Å². The molecule has 1 aromatic heterocycles. The van der Waals surface area contributed by atoms with Crippen molar-refractivity contribution in [3.63, 3.8) is 0 Å². The van der Waals surface area contributed by atoms with E-state index >= 15 is 0 Å². The molecule has 0 radical (unpaired) electrons. The van der Waals surface area contributed by atoms with Crippen LogP contribution >= 0.6 is 0 Å². The van der Waals surface area contributed by atoms with Gasteiger partial charge in [0, 0.05) is 18.2 Å². The maximum atomic E-state index is 12.3. The van der Waals surface area contributed by atoms with Gasteiger partial charge in [0.15, 0.2) is 13.2 Å². The van der Waals surface area contributed by atoms with Crippen molar-refractivity contribution < 1.29 is 43.2 Å². The van der Waals surface area contributed by atoms with Gasteiger partial charge < -0.3 is 24.1 Å². The quantitative estimate of drug-likeness (QED) is 0.248. The summed E-state index contributed by atoms with van der Waals surface area (Å²) in [4.78, 5) is 72.4. The zero-order valence-electron chi connectivity index (χ0n) is 28.4. The Balaban J connectivity index is 0.000000328. The first-order valence-electron chi connectivity index (χ1n) is 15.4. The first kappa shape index (κ1) is 37.4. The lowest BCUT2D eigenvalue weighted by Gasteiger charge is -2.17. The van der Waals surface area contributed by atoms with Crippen LogP contribution in [0.1, 0.15) is 85.7 Å². The maximum absolute atomic E-state index is 12.3. The van der Waals surface area contributed by atoms with Gasteiger partial charge in [0.05, 0.1) is 17.2 Å². The van der Waals surface area contributed by atoms with Gasteiger partial charge in [0.1, 0.15) is 12.3 Å². The van der Waals surface area contributed by atoms with Crippen molar-refractivity contribution in [2.45, 2.75) is 86.7 Å². The minimum Gasteiger partial charge on any atom is -0.479 e. The van der Waals surface area contributed by atoms with Crippen LogP contribution in [-0.4, -0.2) is 64.0 Å². The topological polar surface area (TPSA) is 180 Å². The summed E-state index contributed by atoms with van der Waals surface area (Å²) in [5.74, 6) is -3.06. The molecule has 2 heterocycles. The Labute approximate surface area is 277 Å². The fourth-order valence-electron chi connectivity index (χ4n) is 5.09. The largest absolute Gasteiger partial charge is 0.479 e. The summed E-state index contributed by atoms with van der Waals surface area (Å²) in [5.41, 5.74) is 6.21. The van der Waals surface area contributed by atoms with E-state index in [1.54, 1.807) is 31.2 Å². The highest BCUT2D eigenvalue weighted by Gasteiger charge is 2.38. The smallest absolute Gasteiger partial charge is 0.344 e. The van der Waals surface area contributed by atoms with E-state index in [-0.39, 0.29) is 6.42 Å². The van der Waals surface area contributed by atoms with E-state index in [1.165, 1.54) is 10.8 Å². The molecule has 258 valence electrons. The van der Waals surface area contributed by atoms with Crippen molar-refractivity contribution in [2.75, 3.05) is 13.2 Å². The lowest BCUT2D eigenvalue weighted by molar-refractivity contribution is -0.155. The Morgan fingerprint density at radius 2 is 1.29 bits per heavy atom. The number of aromatic nitrogens is 2. The Kier molecular flexibility index (Phi) is 12.6. The lowest BCUT2D eigenvalue weighted by Crippen LogP contribution is -2.33. The number of rotatable bonds is 9. The highest BCUT2D eigenvalue weighted by Crippen LogP contribution is 2.31. The van der Waals surface area contributed by atoms with Crippen molar-refractivity contribution in [1.82, 2.24) is 9.55 Å². The summed E-state index contributed by atoms with van der Waals surface area (Å²) in [5, 5.41) is 8.39. The first-order valence-corrected chi connectivity index (χ1v) is 15.4. The highest BCUT2D eigenvalue weighted by molar-refractivity contribution is 5.92. The molecule has 1 saturated heterocycles. The van der Waals surface area contributed by atoms with Crippen molar-refractivity contribution in [2.24, 2.45) is 0 Å². The van der Waals surface area contributed by atoms with Crippen LogP contribution in [0.15, 0.2) is 40.1 Å².